The van der Waals surface area contributed by atoms with Gasteiger partial charge in [0.1, 0.15) is 11.6 Å². The molecule has 0 N–H and O–H groups in total. The molecular weight excluding hydrogens is 455 g/mol. The molecule has 0 unspecified atom stereocenters. The van der Waals surface area contributed by atoms with Gasteiger partial charge in [-0.05, 0) is 89.9 Å². The average molecular weight is 481 g/mol. The Balaban J connectivity index is 1.44. The minimum absolute atomic E-state index is 0.173. The highest BCUT2D eigenvalue weighted by Crippen LogP contribution is 2.25. The van der Waals surface area contributed by atoms with Crippen LogP contribution in [0.3, 0.4) is 0 Å². The summed E-state index contributed by atoms with van der Waals surface area (Å²) >= 11 is 0. The molecule has 5 heteroatoms. The van der Waals surface area contributed by atoms with Crippen molar-refractivity contribution in [3.8, 4) is 0 Å². The summed E-state index contributed by atoms with van der Waals surface area (Å²) in [5, 5.41) is 1.17. The molecule has 0 bridgehead atoms. The number of hydrogen-bond donors (Lipinski definition) is 0. The van der Waals surface area contributed by atoms with Gasteiger partial charge in [0, 0.05) is 5.39 Å². The zero-order valence-electron chi connectivity index (χ0n) is 19.2. The number of rotatable bonds is 9. The maximum Gasteiger partial charge on any atom is 0.194 e. The Bertz CT molecular complexity index is 1350. The van der Waals surface area contributed by atoms with Crippen molar-refractivity contribution in [2.24, 2.45) is 0 Å². The highest BCUT2D eigenvalue weighted by Gasteiger charge is 2.13. The zero-order valence-corrected chi connectivity index (χ0v) is 19.2. The summed E-state index contributed by atoms with van der Waals surface area (Å²) in [6.07, 6.45) is 4.91. The van der Waals surface area contributed by atoms with Crippen LogP contribution >= 0.6 is 0 Å². The third kappa shape index (κ3) is 5.79. The second-order valence-electron chi connectivity index (χ2n) is 8.72. The van der Waals surface area contributed by atoms with E-state index in [1.54, 1.807) is 24.3 Å². The van der Waals surface area contributed by atoms with Crippen molar-refractivity contribution >= 4 is 10.8 Å². The van der Waals surface area contributed by atoms with Crippen molar-refractivity contribution in [2.45, 2.75) is 38.5 Å². The first-order valence-electron chi connectivity index (χ1n) is 11.6. The first kappa shape index (κ1) is 24.6. The molecule has 0 saturated heterocycles. The molecule has 0 nitrogen and oxygen atoms in total. The van der Waals surface area contributed by atoms with E-state index < -0.39 is 23.3 Å². The molecule has 0 saturated carbocycles. The van der Waals surface area contributed by atoms with Gasteiger partial charge in [-0.1, -0.05) is 48.5 Å². The van der Waals surface area contributed by atoms with Crippen LogP contribution < -0.4 is 0 Å². The number of fused-ring (bicyclic) bond motifs is 1. The monoisotopic (exact) mass is 480 g/mol. The van der Waals surface area contributed by atoms with Crippen LogP contribution in [0.25, 0.3) is 10.8 Å². The third-order valence-corrected chi connectivity index (χ3v) is 6.26. The van der Waals surface area contributed by atoms with E-state index in [1.807, 2.05) is 30.3 Å². The van der Waals surface area contributed by atoms with Gasteiger partial charge in [0.25, 0.3) is 0 Å². The number of hydrogen-bond acceptors (Lipinski definition) is 0. The Labute approximate surface area is 201 Å². The number of benzene rings is 4. The molecule has 0 fully saturated rings. The van der Waals surface area contributed by atoms with E-state index in [9.17, 15) is 17.6 Å². The van der Waals surface area contributed by atoms with Crippen molar-refractivity contribution in [3.05, 3.63) is 130 Å². The molecule has 35 heavy (non-hydrogen) atoms. The van der Waals surface area contributed by atoms with E-state index in [2.05, 4.69) is 6.58 Å². The molecule has 0 amide bonds. The van der Waals surface area contributed by atoms with E-state index >= 15 is 4.39 Å². The number of allylic oxidation sites excluding steroid dienone is 1. The standard InChI is InChI=1S/C30H25F5/c1-2-3-4-19-5-9-22(26(31)16-19)10-6-20-8-14-25-24(15-20)13-12-23(29(25)34)11-7-21-17-27(32)30(35)28(33)18-21/h2,5,8-9,12-18H,1,3-4,6-7,10-11H2. The average Bonchev–Trinajstić information content (AvgIpc) is 2.85. The number of aryl methyl sites for hydroxylation is 5. The molecule has 4 aromatic rings. The quantitative estimate of drug-likeness (QED) is 0.129. The lowest BCUT2D eigenvalue weighted by molar-refractivity contribution is 0.445. The fourth-order valence-corrected chi connectivity index (χ4v) is 4.26. The summed E-state index contributed by atoms with van der Waals surface area (Å²) in [4.78, 5) is 0. The molecule has 0 aliphatic heterocycles. The summed E-state index contributed by atoms with van der Waals surface area (Å²) in [6, 6.07) is 16.1. The van der Waals surface area contributed by atoms with Crippen molar-refractivity contribution < 1.29 is 22.0 Å². The molecule has 0 aromatic heterocycles. The molecule has 0 radical (unpaired) electrons. The summed E-state index contributed by atoms with van der Waals surface area (Å²) in [5.41, 5.74) is 3.23. The highest BCUT2D eigenvalue weighted by atomic mass is 19.2. The van der Waals surface area contributed by atoms with Crippen LogP contribution in [0, 0.1) is 29.1 Å². The van der Waals surface area contributed by atoms with Crippen molar-refractivity contribution in [3.63, 3.8) is 0 Å². The molecule has 0 aliphatic carbocycles. The Hall–Kier alpha value is -3.47. The van der Waals surface area contributed by atoms with Crippen molar-refractivity contribution in [2.75, 3.05) is 0 Å². The largest absolute Gasteiger partial charge is 0.207 e. The first-order valence-corrected chi connectivity index (χ1v) is 11.6. The van der Waals surface area contributed by atoms with Crippen LogP contribution in [0.1, 0.15) is 34.2 Å². The van der Waals surface area contributed by atoms with Gasteiger partial charge in [-0.2, -0.15) is 0 Å². The summed E-state index contributed by atoms with van der Waals surface area (Å²) in [5.74, 6) is -4.63. The van der Waals surface area contributed by atoms with Gasteiger partial charge < -0.3 is 0 Å². The second kappa shape index (κ2) is 10.9. The van der Waals surface area contributed by atoms with Gasteiger partial charge in [0.15, 0.2) is 17.5 Å². The van der Waals surface area contributed by atoms with Gasteiger partial charge in [0.2, 0.25) is 0 Å². The summed E-state index contributed by atoms with van der Waals surface area (Å²) < 4.78 is 69.6. The summed E-state index contributed by atoms with van der Waals surface area (Å²) in [7, 11) is 0. The topological polar surface area (TPSA) is 0 Å². The van der Waals surface area contributed by atoms with Crippen LogP contribution in [-0.4, -0.2) is 0 Å². The molecule has 4 rings (SSSR count). The highest BCUT2D eigenvalue weighted by molar-refractivity contribution is 5.84. The zero-order chi connectivity index (χ0) is 24.9. The van der Waals surface area contributed by atoms with Gasteiger partial charge in [0.05, 0.1) is 0 Å². The van der Waals surface area contributed by atoms with Crippen molar-refractivity contribution in [1.82, 2.24) is 0 Å². The second-order valence-corrected chi connectivity index (χ2v) is 8.72. The molecule has 0 heterocycles. The molecule has 0 spiro atoms. The SMILES string of the molecule is C=CCCc1ccc(CCc2ccc3c(F)c(CCc4cc(F)c(F)c(F)c4)ccc3c2)c(F)c1. The summed E-state index contributed by atoms with van der Waals surface area (Å²) in [6.45, 7) is 3.69. The van der Waals surface area contributed by atoms with Gasteiger partial charge in [-0.25, -0.2) is 22.0 Å². The number of halogens is 5. The Morgan fingerprint density at radius 1 is 0.543 bits per heavy atom. The fraction of sp³-hybridized carbons (Fsp3) is 0.200. The Morgan fingerprint density at radius 2 is 1.14 bits per heavy atom. The van der Waals surface area contributed by atoms with Crippen LogP contribution in [-0.2, 0) is 32.1 Å². The van der Waals surface area contributed by atoms with Crippen LogP contribution in [0.4, 0.5) is 22.0 Å². The van der Waals surface area contributed by atoms with Crippen LogP contribution in [0.15, 0.2) is 73.3 Å². The minimum atomic E-state index is -1.51. The smallest absolute Gasteiger partial charge is 0.194 e. The maximum absolute atomic E-state index is 15.1. The first-order chi connectivity index (χ1) is 16.9. The van der Waals surface area contributed by atoms with Crippen molar-refractivity contribution in [1.29, 1.82) is 0 Å². The maximum atomic E-state index is 15.1. The molecule has 0 atom stereocenters. The van der Waals surface area contributed by atoms with E-state index in [0.29, 0.717) is 29.4 Å². The van der Waals surface area contributed by atoms with Gasteiger partial charge in [-0.3, -0.25) is 0 Å². The van der Waals surface area contributed by atoms with E-state index in [4.69, 9.17) is 0 Å². The lowest BCUT2D eigenvalue weighted by Crippen LogP contribution is -2.00. The Kier molecular flexibility index (Phi) is 7.64. The minimum Gasteiger partial charge on any atom is -0.207 e. The molecule has 0 aliphatic rings. The third-order valence-electron chi connectivity index (χ3n) is 6.26. The Morgan fingerprint density at radius 3 is 1.86 bits per heavy atom. The van der Waals surface area contributed by atoms with Crippen LogP contribution in [0.2, 0.25) is 0 Å². The normalized spacial score (nSPS) is 11.2. The molecule has 180 valence electrons. The van der Waals surface area contributed by atoms with Gasteiger partial charge in [-0.15, -0.1) is 6.58 Å². The van der Waals surface area contributed by atoms with Crippen LogP contribution in [0.5, 0.6) is 0 Å². The molecular formula is C30H25F5. The lowest BCUT2D eigenvalue weighted by Gasteiger charge is -2.10. The van der Waals surface area contributed by atoms with E-state index in [-0.39, 0.29) is 24.2 Å². The van der Waals surface area contributed by atoms with E-state index in [0.717, 1.165) is 41.5 Å². The molecule has 4 aromatic carbocycles. The lowest BCUT2D eigenvalue weighted by atomic mass is 9.97. The van der Waals surface area contributed by atoms with E-state index in [1.165, 1.54) is 0 Å². The van der Waals surface area contributed by atoms with Gasteiger partial charge >= 0.3 is 0 Å². The predicted octanol–water partition coefficient (Wildman–Crippen LogP) is 8.22. The fourth-order valence-electron chi connectivity index (χ4n) is 4.26. The predicted molar refractivity (Wildman–Crippen MR) is 130 cm³/mol.